The molecule has 3 aliphatic rings. The van der Waals surface area contributed by atoms with Crippen LogP contribution in [0.5, 0.6) is 0 Å². The van der Waals surface area contributed by atoms with E-state index >= 15 is 0 Å². The Kier molecular flexibility index (Phi) is 2.74. The van der Waals surface area contributed by atoms with E-state index < -0.39 is 0 Å². The summed E-state index contributed by atoms with van der Waals surface area (Å²) in [7, 11) is 1.83. The van der Waals surface area contributed by atoms with Crippen molar-refractivity contribution >= 4 is 11.9 Å². The molecule has 2 aliphatic heterocycles. The van der Waals surface area contributed by atoms with Gasteiger partial charge in [-0.2, -0.15) is 0 Å². The molecule has 2 N–H and O–H groups in total. The van der Waals surface area contributed by atoms with Crippen LogP contribution in [0.1, 0.15) is 41.2 Å². The van der Waals surface area contributed by atoms with Gasteiger partial charge in [0.05, 0.1) is 17.6 Å². The molecule has 21 heavy (non-hydrogen) atoms. The Morgan fingerprint density at radius 3 is 2.90 bits per heavy atom. The van der Waals surface area contributed by atoms with Crippen LogP contribution < -0.4 is 5.32 Å². The molecular formula is C15H20N4O2. The molecule has 1 aliphatic carbocycles. The van der Waals surface area contributed by atoms with Crippen LogP contribution in [0.3, 0.4) is 0 Å². The molecule has 1 aromatic rings. The van der Waals surface area contributed by atoms with Crippen LogP contribution in [-0.4, -0.2) is 58.9 Å². The molecular weight excluding hydrogens is 268 g/mol. The number of carbonyl (C=O) groups excluding carboxylic acids is 2. The number of likely N-dealkylation sites (tertiary alicyclic amines) is 1. The van der Waals surface area contributed by atoms with Gasteiger partial charge in [0, 0.05) is 32.0 Å². The van der Waals surface area contributed by atoms with Gasteiger partial charge in [-0.25, -0.2) is 4.79 Å². The molecule has 3 fully saturated rings. The summed E-state index contributed by atoms with van der Waals surface area (Å²) in [6, 6.07) is 2.14. The van der Waals surface area contributed by atoms with E-state index in [0.717, 1.165) is 17.7 Å². The van der Waals surface area contributed by atoms with Crippen molar-refractivity contribution in [3.05, 3.63) is 23.5 Å². The summed E-state index contributed by atoms with van der Waals surface area (Å²) in [5.41, 5.74) is 1.91. The van der Waals surface area contributed by atoms with Crippen LogP contribution in [0.25, 0.3) is 0 Å². The fraction of sp³-hybridized carbons (Fsp3) is 0.600. The van der Waals surface area contributed by atoms with E-state index in [9.17, 15) is 9.59 Å². The maximum Gasteiger partial charge on any atom is 0.317 e. The number of aromatic nitrogens is 1. The smallest absolute Gasteiger partial charge is 0.317 e. The van der Waals surface area contributed by atoms with E-state index in [0.29, 0.717) is 19.0 Å². The zero-order valence-electron chi connectivity index (χ0n) is 12.1. The zero-order valence-corrected chi connectivity index (χ0v) is 12.1. The molecule has 2 atom stereocenters. The Morgan fingerprint density at radius 1 is 1.33 bits per heavy atom. The number of hydrogen-bond acceptors (Lipinski definition) is 2. The summed E-state index contributed by atoms with van der Waals surface area (Å²) in [5, 5.41) is 2.97. The lowest BCUT2D eigenvalue weighted by atomic mass is 9.99. The van der Waals surface area contributed by atoms with Crippen molar-refractivity contribution in [3.63, 3.8) is 0 Å². The standard InChI is InChI=1S/C15H20N4O2/c1-18-12-5-7-19(8-11(12)17-15(18)21)14(20)10-4-6-16-13(10)9-2-3-9/h4,6,9,11-12,16H,2-3,5,7-8H2,1H3,(H,17,21)/t11-,12+/m1/s1. The second-order valence-electron chi connectivity index (χ2n) is 6.35. The summed E-state index contributed by atoms with van der Waals surface area (Å²) < 4.78 is 0. The minimum atomic E-state index is -0.0281. The number of fused-ring (bicyclic) bond motifs is 1. The van der Waals surface area contributed by atoms with Gasteiger partial charge in [0.15, 0.2) is 0 Å². The van der Waals surface area contributed by atoms with E-state index in [1.54, 1.807) is 4.90 Å². The molecule has 3 heterocycles. The Labute approximate surface area is 123 Å². The Balaban J connectivity index is 1.51. The highest BCUT2D eigenvalue weighted by Crippen LogP contribution is 2.41. The fourth-order valence-electron chi connectivity index (χ4n) is 3.59. The lowest BCUT2D eigenvalue weighted by Crippen LogP contribution is -2.52. The third-order valence-electron chi connectivity index (χ3n) is 4.99. The van der Waals surface area contributed by atoms with E-state index in [2.05, 4.69) is 10.3 Å². The van der Waals surface area contributed by atoms with Gasteiger partial charge in [-0.05, 0) is 31.2 Å². The number of piperidine rings is 1. The van der Waals surface area contributed by atoms with Crippen LogP contribution in [0.15, 0.2) is 12.3 Å². The van der Waals surface area contributed by atoms with Gasteiger partial charge in [0.1, 0.15) is 0 Å². The molecule has 3 amide bonds. The SMILES string of the molecule is CN1C(=O)N[C@@H]2CN(C(=O)c3cc[nH]c3C3CC3)CC[C@@H]21. The highest BCUT2D eigenvalue weighted by atomic mass is 16.2. The van der Waals surface area contributed by atoms with Crippen molar-refractivity contribution in [3.8, 4) is 0 Å². The number of likely N-dealkylation sites (N-methyl/N-ethyl adjacent to an activating group) is 1. The second-order valence-corrected chi connectivity index (χ2v) is 6.35. The fourth-order valence-corrected chi connectivity index (χ4v) is 3.59. The van der Waals surface area contributed by atoms with Crippen LogP contribution in [0.4, 0.5) is 4.79 Å². The first-order valence-electron chi connectivity index (χ1n) is 7.65. The summed E-state index contributed by atoms with van der Waals surface area (Å²) in [6.07, 6.45) is 5.05. The number of carbonyl (C=O) groups is 2. The summed E-state index contributed by atoms with van der Waals surface area (Å²) >= 11 is 0. The van der Waals surface area contributed by atoms with Crippen LogP contribution in [0.2, 0.25) is 0 Å². The third kappa shape index (κ3) is 2.01. The second kappa shape index (κ2) is 4.51. The van der Waals surface area contributed by atoms with Gasteiger partial charge in [-0.15, -0.1) is 0 Å². The number of rotatable bonds is 2. The molecule has 0 aromatic carbocycles. The molecule has 2 saturated heterocycles. The first-order valence-corrected chi connectivity index (χ1v) is 7.65. The van der Waals surface area contributed by atoms with Gasteiger partial charge in [0.25, 0.3) is 5.91 Å². The number of amides is 3. The number of nitrogens with one attached hydrogen (secondary N) is 2. The van der Waals surface area contributed by atoms with Gasteiger partial charge in [-0.1, -0.05) is 0 Å². The van der Waals surface area contributed by atoms with Gasteiger partial charge in [-0.3, -0.25) is 4.79 Å². The quantitative estimate of drug-likeness (QED) is 0.856. The number of urea groups is 1. The van der Waals surface area contributed by atoms with E-state index in [1.807, 2.05) is 24.2 Å². The maximum atomic E-state index is 12.7. The Hall–Kier alpha value is -1.98. The van der Waals surface area contributed by atoms with Crippen LogP contribution >= 0.6 is 0 Å². The molecule has 112 valence electrons. The van der Waals surface area contributed by atoms with E-state index in [-0.39, 0.29) is 24.0 Å². The van der Waals surface area contributed by atoms with E-state index in [4.69, 9.17) is 0 Å². The summed E-state index contributed by atoms with van der Waals surface area (Å²) in [5.74, 6) is 0.634. The van der Waals surface area contributed by atoms with Gasteiger partial charge in [0.2, 0.25) is 0 Å². The Morgan fingerprint density at radius 2 is 2.14 bits per heavy atom. The molecule has 1 aromatic heterocycles. The van der Waals surface area contributed by atoms with Crippen LogP contribution in [0, 0.1) is 0 Å². The zero-order chi connectivity index (χ0) is 14.6. The van der Waals surface area contributed by atoms with Crippen molar-refractivity contribution in [1.29, 1.82) is 0 Å². The minimum absolute atomic E-state index is 0.0281. The molecule has 0 spiro atoms. The lowest BCUT2D eigenvalue weighted by Gasteiger charge is -2.35. The predicted octanol–water partition coefficient (Wildman–Crippen LogP) is 1.13. The van der Waals surface area contributed by atoms with Gasteiger partial charge >= 0.3 is 6.03 Å². The molecule has 6 nitrogen and oxygen atoms in total. The molecule has 0 unspecified atom stereocenters. The largest absolute Gasteiger partial charge is 0.364 e. The normalized spacial score (nSPS) is 28.5. The minimum Gasteiger partial charge on any atom is -0.364 e. The highest BCUT2D eigenvalue weighted by molar-refractivity contribution is 5.96. The number of nitrogens with zero attached hydrogens (tertiary/aromatic N) is 2. The number of H-pyrrole nitrogens is 1. The van der Waals surface area contributed by atoms with Crippen molar-refractivity contribution in [2.75, 3.05) is 20.1 Å². The van der Waals surface area contributed by atoms with Gasteiger partial charge < -0.3 is 20.1 Å². The van der Waals surface area contributed by atoms with Crippen molar-refractivity contribution in [2.45, 2.75) is 37.3 Å². The molecule has 4 rings (SSSR count). The van der Waals surface area contributed by atoms with Crippen molar-refractivity contribution in [1.82, 2.24) is 20.1 Å². The monoisotopic (exact) mass is 288 g/mol. The molecule has 0 radical (unpaired) electrons. The average molecular weight is 288 g/mol. The molecule has 0 bridgehead atoms. The maximum absolute atomic E-state index is 12.7. The predicted molar refractivity (Wildman–Crippen MR) is 77.2 cm³/mol. The summed E-state index contributed by atoms with van der Waals surface area (Å²) in [6.45, 7) is 1.32. The highest BCUT2D eigenvalue weighted by Gasteiger charge is 2.42. The van der Waals surface area contributed by atoms with Crippen LogP contribution in [-0.2, 0) is 0 Å². The lowest BCUT2D eigenvalue weighted by molar-refractivity contribution is 0.0665. The molecule has 1 saturated carbocycles. The number of aromatic amines is 1. The average Bonchev–Trinajstić information content (AvgIpc) is 3.15. The van der Waals surface area contributed by atoms with Crippen molar-refractivity contribution in [2.24, 2.45) is 0 Å². The topological polar surface area (TPSA) is 68.4 Å². The summed E-state index contributed by atoms with van der Waals surface area (Å²) in [4.78, 5) is 31.3. The molecule has 6 heteroatoms. The Bertz CT molecular complexity index is 592. The van der Waals surface area contributed by atoms with Crippen molar-refractivity contribution < 1.29 is 9.59 Å². The third-order valence-corrected chi connectivity index (χ3v) is 4.99. The first-order chi connectivity index (χ1) is 10.1. The first kappa shape index (κ1) is 12.7. The number of hydrogen-bond donors (Lipinski definition) is 2. The van der Waals surface area contributed by atoms with E-state index in [1.165, 1.54) is 12.8 Å².